The Morgan fingerprint density at radius 3 is 2.93 bits per heavy atom. The largest absolute Gasteiger partial charge is 0.476 e. The van der Waals surface area contributed by atoms with Crippen LogP contribution in [0.5, 0.6) is 5.88 Å². The Hall–Kier alpha value is -1.62. The molecule has 2 heterocycles. The van der Waals surface area contributed by atoms with Crippen molar-refractivity contribution in [3.63, 3.8) is 0 Å². The lowest BCUT2D eigenvalue weighted by atomic mass is 10.4. The van der Waals surface area contributed by atoms with E-state index >= 15 is 0 Å². The van der Waals surface area contributed by atoms with Gasteiger partial charge in [-0.2, -0.15) is 0 Å². The van der Waals surface area contributed by atoms with E-state index in [9.17, 15) is 0 Å². The number of nitrogens with zero attached hydrogens (tertiary/aromatic N) is 2. The Labute approximate surface area is 91.8 Å². The number of aromatic nitrogens is 2. The van der Waals surface area contributed by atoms with Crippen molar-refractivity contribution >= 4 is 17.2 Å². The quantitative estimate of drug-likeness (QED) is 0.854. The number of nitrogen functional groups attached to an aromatic ring is 1. The number of hydrogen-bond donors (Lipinski definition) is 1. The second kappa shape index (κ2) is 4.75. The molecule has 0 bridgehead atoms. The summed E-state index contributed by atoms with van der Waals surface area (Å²) in [5, 5.41) is 2.05. The Bertz CT molecular complexity index is 399. The first-order valence-corrected chi connectivity index (χ1v) is 5.45. The fourth-order valence-electron chi connectivity index (χ4n) is 1.11. The average molecular weight is 221 g/mol. The van der Waals surface area contributed by atoms with E-state index in [1.807, 2.05) is 6.07 Å². The first-order chi connectivity index (χ1) is 7.34. The molecule has 2 N–H and O–H groups in total. The highest BCUT2D eigenvalue weighted by Gasteiger charge is 1.97. The van der Waals surface area contributed by atoms with Crippen LogP contribution in [-0.2, 0) is 6.42 Å². The van der Waals surface area contributed by atoms with Crippen molar-refractivity contribution in [2.24, 2.45) is 0 Å². The molecule has 0 amide bonds. The molecule has 0 aliphatic heterocycles. The summed E-state index contributed by atoms with van der Waals surface area (Å²) in [5.74, 6) is 0.918. The van der Waals surface area contributed by atoms with Gasteiger partial charge >= 0.3 is 0 Å². The van der Waals surface area contributed by atoms with Crippen molar-refractivity contribution in [3.8, 4) is 5.88 Å². The standard InChI is InChI=1S/C10H11N3OS/c11-9-6-13-10(7-12-9)14-4-3-8-2-1-5-15-8/h1-2,5-7H,3-4H2,(H2,11,12). The van der Waals surface area contributed by atoms with E-state index in [-0.39, 0.29) is 0 Å². The predicted octanol–water partition coefficient (Wildman–Crippen LogP) is 1.74. The van der Waals surface area contributed by atoms with Crippen LogP contribution in [0.3, 0.4) is 0 Å². The van der Waals surface area contributed by atoms with Gasteiger partial charge in [0.25, 0.3) is 0 Å². The SMILES string of the molecule is Nc1cnc(OCCc2cccs2)cn1. The molecule has 2 aromatic heterocycles. The number of hydrogen-bond acceptors (Lipinski definition) is 5. The number of rotatable bonds is 4. The fraction of sp³-hybridized carbons (Fsp3) is 0.200. The topological polar surface area (TPSA) is 61.0 Å². The molecular formula is C10H11N3OS. The van der Waals surface area contributed by atoms with Crippen molar-refractivity contribution in [1.82, 2.24) is 9.97 Å². The van der Waals surface area contributed by atoms with E-state index in [2.05, 4.69) is 21.4 Å². The smallest absolute Gasteiger partial charge is 0.232 e. The van der Waals surface area contributed by atoms with E-state index in [0.29, 0.717) is 18.3 Å². The molecule has 2 rings (SSSR count). The molecule has 0 spiro atoms. The summed E-state index contributed by atoms with van der Waals surface area (Å²) in [4.78, 5) is 9.18. The van der Waals surface area contributed by atoms with Crippen LogP contribution in [0.4, 0.5) is 5.82 Å². The first kappa shape index (κ1) is 9.92. The minimum absolute atomic E-state index is 0.403. The summed E-state index contributed by atoms with van der Waals surface area (Å²) < 4.78 is 5.41. The summed E-state index contributed by atoms with van der Waals surface area (Å²) in [6, 6.07) is 4.12. The zero-order chi connectivity index (χ0) is 10.5. The molecule has 0 saturated heterocycles. The maximum absolute atomic E-state index is 5.41. The van der Waals surface area contributed by atoms with Crippen LogP contribution in [0.25, 0.3) is 0 Å². The van der Waals surface area contributed by atoms with Crippen LogP contribution < -0.4 is 10.5 Å². The number of ether oxygens (including phenoxy) is 1. The van der Waals surface area contributed by atoms with E-state index < -0.39 is 0 Å². The highest BCUT2D eigenvalue weighted by atomic mass is 32.1. The molecule has 0 aliphatic carbocycles. The van der Waals surface area contributed by atoms with Gasteiger partial charge in [-0.05, 0) is 11.4 Å². The summed E-state index contributed by atoms with van der Waals surface area (Å²) in [6.07, 6.45) is 3.91. The van der Waals surface area contributed by atoms with Crippen molar-refractivity contribution in [1.29, 1.82) is 0 Å². The van der Waals surface area contributed by atoms with Crippen LogP contribution in [0.1, 0.15) is 4.88 Å². The van der Waals surface area contributed by atoms with Crippen LogP contribution in [0.2, 0.25) is 0 Å². The molecule has 0 aliphatic rings. The van der Waals surface area contributed by atoms with Gasteiger partial charge in [-0.25, -0.2) is 9.97 Å². The molecule has 5 heteroatoms. The second-order valence-electron chi connectivity index (χ2n) is 2.96. The molecule has 0 unspecified atom stereocenters. The number of anilines is 1. The zero-order valence-electron chi connectivity index (χ0n) is 8.09. The summed E-state index contributed by atoms with van der Waals surface area (Å²) in [6.45, 7) is 0.610. The summed E-state index contributed by atoms with van der Waals surface area (Å²) >= 11 is 1.72. The zero-order valence-corrected chi connectivity index (χ0v) is 8.91. The third kappa shape index (κ3) is 2.92. The van der Waals surface area contributed by atoms with Crippen molar-refractivity contribution < 1.29 is 4.74 Å². The number of thiophene rings is 1. The molecule has 0 saturated carbocycles. The highest BCUT2D eigenvalue weighted by Crippen LogP contribution is 2.10. The maximum Gasteiger partial charge on any atom is 0.232 e. The van der Waals surface area contributed by atoms with Gasteiger partial charge in [0.2, 0.25) is 5.88 Å². The van der Waals surface area contributed by atoms with Crippen LogP contribution in [0.15, 0.2) is 29.9 Å². The van der Waals surface area contributed by atoms with E-state index in [1.54, 1.807) is 11.3 Å². The highest BCUT2D eigenvalue weighted by molar-refractivity contribution is 7.09. The van der Waals surface area contributed by atoms with Crippen molar-refractivity contribution in [3.05, 3.63) is 34.8 Å². The third-order valence-corrected chi connectivity index (χ3v) is 2.76. The van der Waals surface area contributed by atoms with Crippen LogP contribution in [0, 0.1) is 0 Å². The predicted molar refractivity (Wildman–Crippen MR) is 60.0 cm³/mol. The Balaban J connectivity index is 1.81. The average Bonchev–Trinajstić information content (AvgIpc) is 2.74. The van der Waals surface area contributed by atoms with Gasteiger partial charge in [0, 0.05) is 11.3 Å². The lowest BCUT2D eigenvalue weighted by molar-refractivity contribution is 0.309. The Kier molecular flexibility index (Phi) is 3.14. The molecule has 0 radical (unpaired) electrons. The van der Waals surface area contributed by atoms with Gasteiger partial charge in [0.1, 0.15) is 5.82 Å². The number of nitrogens with two attached hydrogens (primary N) is 1. The molecule has 0 fully saturated rings. The minimum Gasteiger partial charge on any atom is -0.476 e. The normalized spacial score (nSPS) is 10.1. The molecule has 15 heavy (non-hydrogen) atoms. The molecule has 78 valence electrons. The van der Waals surface area contributed by atoms with Crippen LogP contribution in [-0.4, -0.2) is 16.6 Å². The van der Waals surface area contributed by atoms with Gasteiger partial charge in [-0.1, -0.05) is 6.07 Å². The van der Waals surface area contributed by atoms with E-state index in [0.717, 1.165) is 6.42 Å². The molecule has 0 atom stereocenters. The van der Waals surface area contributed by atoms with Crippen molar-refractivity contribution in [2.75, 3.05) is 12.3 Å². The van der Waals surface area contributed by atoms with E-state index in [1.165, 1.54) is 17.3 Å². The van der Waals surface area contributed by atoms with Gasteiger partial charge in [-0.15, -0.1) is 11.3 Å². The fourth-order valence-corrected chi connectivity index (χ4v) is 1.80. The van der Waals surface area contributed by atoms with Crippen LogP contribution >= 0.6 is 11.3 Å². The lowest BCUT2D eigenvalue weighted by Crippen LogP contribution is -2.02. The lowest BCUT2D eigenvalue weighted by Gasteiger charge is -2.03. The molecule has 4 nitrogen and oxygen atoms in total. The molecule has 0 aromatic carbocycles. The first-order valence-electron chi connectivity index (χ1n) is 4.57. The van der Waals surface area contributed by atoms with Gasteiger partial charge in [-0.3, -0.25) is 0 Å². The summed E-state index contributed by atoms with van der Waals surface area (Å²) in [7, 11) is 0. The third-order valence-electron chi connectivity index (χ3n) is 1.83. The van der Waals surface area contributed by atoms with Crippen molar-refractivity contribution in [2.45, 2.75) is 6.42 Å². The van der Waals surface area contributed by atoms with E-state index in [4.69, 9.17) is 10.5 Å². The Morgan fingerprint density at radius 2 is 2.27 bits per heavy atom. The Morgan fingerprint density at radius 1 is 1.33 bits per heavy atom. The second-order valence-corrected chi connectivity index (χ2v) is 3.99. The summed E-state index contributed by atoms with van der Waals surface area (Å²) in [5.41, 5.74) is 5.41. The minimum atomic E-state index is 0.403. The molecular weight excluding hydrogens is 210 g/mol. The van der Waals surface area contributed by atoms with Gasteiger partial charge in [0.15, 0.2) is 0 Å². The maximum atomic E-state index is 5.41. The van der Waals surface area contributed by atoms with Gasteiger partial charge < -0.3 is 10.5 Å². The molecule has 2 aromatic rings. The monoisotopic (exact) mass is 221 g/mol. The van der Waals surface area contributed by atoms with Gasteiger partial charge in [0.05, 0.1) is 19.0 Å².